The summed E-state index contributed by atoms with van der Waals surface area (Å²) in [6, 6.07) is 17.5. The Labute approximate surface area is 119 Å². The minimum absolute atomic E-state index is 0.398. The average molecular weight is 266 g/mol. The predicted octanol–water partition coefficient (Wildman–Crippen LogP) is 2.59. The third-order valence-corrected chi connectivity index (χ3v) is 2.94. The molecule has 20 heavy (non-hydrogen) atoms. The summed E-state index contributed by atoms with van der Waals surface area (Å²) in [5, 5.41) is 3.34. The van der Waals surface area contributed by atoms with Gasteiger partial charge in [0.05, 0.1) is 0 Å². The molecule has 0 aliphatic carbocycles. The second-order valence-corrected chi connectivity index (χ2v) is 4.51. The number of nitrogens with one attached hydrogen (secondary N) is 1. The molecular weight excluding hydrogens is 248 g/mol. The molecule has 3 nitrogen and oxygen atoms in total. The lowest BCUT2D eigenvalue weighted by Gasteiger charge is -2.01. The Hall–Kier alpha value is -2.39. The molecule has 1 amide bonds. The predicted molar refractivity (Wildman–Crippen MR) is 82.1 cm³/mol. The Balaban J connectivity index is 1.77. The zero-order valence-electron chi connectivity index (χ0n) is 11.3. The van der Waals surface area contributed by atoms with Crippen molar-refractivity contribution in [3.8, 4) is 0 Å². The van der Waals surface area contributed by atoms with E-state index in [4.69, 9.17) is 5.73 Å². The van der Waals surface area contributed by atoms with Crippen LogP contribution in [0.3, 0.4) is 0 Å². The summed E-state index contributed by atoms with van der Waals surface area (Å²) < 4.78 is 0. The van der Waals surface area contributed by atoms with E-state index < -0.39 is 5.91 Å². The standard InChI is InChI=1S/C17H18N2O/c18-17(20)16-10-8-14(9-11-16)7-4-12-19-13-15-5-2-1-3-6-15/h1-11,19H,12-13H2,(H2,18,20)/b7-4+. The Kier molecular flexibility index (Phi) is 5.09. The van der Waals surface area contributed by atoms with Crippen LogP contribution in [-0.4, -0.2) is 12.5 Å². The van der Waals surface area contributed by atoms with Crippen molar-refractivity contribution < 1.29 is 4.79 Å². The second kappa shape index (κ2) is 7.26. The molecule has 0 spiro atoms. The Bertz CT molecular complexity index is 574. The van der Waals surface area contributed by atoms with Crippen molar-refractivity contribution in [3.63, 3.8) is 0 Å². The van der Waals surface area contributed by atoms with Gasteiger partial charge in [0, 0.05) is 18.7 Å². The van der Waals surface area contributed by atoms with Gasteiger partial charge in [0.15, 0.2) is 0 Å². The molecule has 2 rings (SSSR count). The van der Waals surface area contributed by atoms with Gasteiger partial charge >= 0.3 is 0 Å². The largest absolute Gasteiger partial charge is 0.366 e. The van der Waals surface area contributed by atoms with Crippen molar-refractivity contribution in [2.24, 2.45) is 5.73 Å². The van der Waals surface area contributed by atoms with E-state index >= 15 is 0 Å². The first kappa shape index (κ1) is 14.0. The SMILES string of the molecule is NC(=O)c1ccc(/C=C/CNCc2ccccc2)cc1. The first-order chi connectivity index (χ1) is 9.75. The van der Waals surface area contributed by atoms with Gasteiger partial charge < -0.3 is 11.1 Å². The van der Waals surface area contributed by atoms with Crippen LogP contribution in [-0.2, 0) is 6.54 Å². The van der Waals surface area contributed by atoms with Crippen LogP contribution >= 0.6 is 0 Å². The fraction of sp³-hybridized carbons (Fsp3) is 0.118. The van der Waals surface area contributed by atoms with Crippen molar-refractivity contribution in [3.05, 3.63) is 77.4 Å². The monoisotopic (exact) mass is 266 g/mol. The normalized spacial score (nSPS) is 10.8. The highest BCUT2D eigenvalue weighted by Crippen LogP contribution is 2.05. The van der Waals surface area contributed by atoms with E-state index in [9.17, 15) is 4.79 Å². The lowest BCUT2D eigenvalue weighted by Crippen LogP contribution is -2.12. The van der Waals surface area contributed by atoms with Crippen molar-refractivity contribution in [1.82, 2.24) is 5.32 Å². The summed E-state index contributed by atoms with van der Waals surface area (Å²) >= 11 is 0. The molecule has 0 fully saturated rings. The third kappa shape index (κ3) is 4.37. The van der Waals surface area contributed by atoms with Crippen LogP contribution in [0.15, 0.2) is 60.7 Å². The van der Waals surface area contributed by atoms with Gasteiger partial charge in [-0.1, -0.05) is 54.6 Å². The molecule has 0 unspecified atom stereocenters. The molecule has 3 N–H and O–H groups in total. The number of hydrogen-bond donors (Lipinski definition) is 2. The summed E-state index contributed by atoms with van der Waals surface area (Å²) in [6.07, 6.45) is 4.07. The number of nitrogens with two attached hydrogens (primary N) is 1. The lowest BCUT2D eigenvalue weighted by atomic mass is 10.1. The lowest BCUT2D eigenvalue weighted by molar-refractivity contribution is 0.100. The highest BCUT2D eigenvalue weighted by molar-refractivity contribution is 5.92. The first-order valence-corrected chi connectivity index (χ1v) is 6.57. The fourth-order valence-corrected chi connectivity index (χ4v) is 1.85. The summed E-state index contributed by atoms with van der Waals surface area (Å²) in [6.45, 7) is 1.65. The highest BCUT2D eigenvalue weighted by atomic mass is 16.1. The number of carbonyl (C=O) groups excluding carboxylic acids is 1. The van der Waals surface area contributed by atoms with Gasteiger partial charge in [-0.2, -0.15) is 0 Å². The van der Waals surface area contributed by atoms with Crippen LogP contribution < -0.4 is 11.1 Å². The van der Waals surface area contributed by atoms with E-state index in [1.54, 1.807) is 12.1 Å². The highest BCUT2D eigenvalue weighted by Gasteiger charge is 1.97. The van der Waals surface area contributed by atoms with Gasteiger partial charge in [0.2, 0.25) is 5.91 Å². The molecule has 0 aromatic heterocycles. The molecule has 102 valence electrons. The molecule has 0 aliphatic rings. The Morgan fingerprint density at radius 1 is 1.05 bits per heavy atom. The van der Waals surface area contributed by atoms with Crippen LogP contribution in [0.2, 0.25) is 0 Å². The van der Waals surface area contributed by atoms with E-state index in [-0.39, 0.29) is 0 Å². The second-order valence-electron chi connectivity index (χ2n) is 4.51. The smallest absolute Gasteiger partial charge is 0.248 e. The first-order valence-electron chi connectivity index (χ1n) is 6.57. The Morgan fingerprint density at radius 2 is 1.75 bits per heavy atom. The summed E-state index contributed by atoms with van der Waals surface area (Å²) in [7, 11) is 0. The Morgan fingerprint density at radius 3 is 2.40 bits per heavy atom. The van der Waals surface area contributed by atoms with Crippen LogP contribution in [0.25, 0.3) is 6.08 Å². The van der Waals surface area contributed by atoms with Crippen LogP contribution in [0.5, 0.6) is 0 Å². The zero-order chi connectivity index (χ0) is 14.2. The van der Waals surface area contributed by atoms with E-state index in [1.807, 2.05) is 36.4 Å². The van der Waals surface area contributed by atoms with Gasteiger partial charge in [-0.3, -0.25) is 4.79 Å². The van der Waals surface area contributed by atoms with Gasteiger partial charge in [-0.05, 0) is 23.3 Å². The minimum atomic E-state index is -0.398. The van der Waals surface area contributed by atoms with Crippen molar-refractivity contribution in [1.29, 1.82) is 0 Å². The molecule has 0 radical (unpaired) electrons. The van der Waals surface area contributed by atoms with Crippen molar-refractivity contribution in [2.75, 3.05) is 6.54 Å². The molecule has 0 heterocycles. The molecule has 0 bridgehead atoms. The molecule has 0 saturated carbocycles. The topological polar surface area (TPSA) is 55.1 Å². The number of hydrogen-bond acceptors (Lipinski definition) is 2. The number of benzene rings is 2. The molecular formula is C17H18N2O. The molecule has 2 aromatic carbocycles. The number of primary amides is 1. The molecule has 0 atom stereocenters. The maximum Gasteiger partial charge on any atom is 0.248 e. The molecule has 0 aliphatic heterocycles. The van der Waals surface area contributed by atoms with E-state index in [2.05, 4.69) is 23.5 Å². The third-order valence-electron chi connectivity index (χ3n) is 2.94. The number of amides is 1. The summed E-state index contributed by atoms with van der Waals surface area (Å²) in [5.74, 6) is -0.398. The van der Waals surface area contributed by atoms with E-state index in [1.165, 1.54) is 5.56 Å². The van der Waals surface area contributed by atoms with Gasteiger partial charge in [-0.15, -0.1) is 0 Å². The van der Waals surface area contributed by atoms with Crippen LogP contribution in [0.1, 0.15) is 21.5 Å². The number of rotatable bonds is 6. The van der Waals surface area contributed by atoms with Crippen LogP contribution in [0.4, 0.5) is 0 Å². The maximum absolute atomic E-state index is 10.9. The maximum atomic E-state index is 10.9. The van der Waals surface area contributed by atoms with E-state index in [0.29, 0.717) is 5.56 Å². The molecule has 0 saturated heterocycles. The van der Waals surface area contributed by atoms with Crippen molar-refractivity contribution >= 4 is 12.0 Å². The summed E-state index contributed by atoms with van der Waals surface area (Å²) in [4.78, 5) is 10.9. The van der Waals surface area contributed by atoms with Crippen molar-refractivity contribution in [2.45, 2.75) is 6.54 Å². The molecule has 2 aromatic rings. The summed E-state index contributed by atoms with van der Waals surface area (Å²) in [5.41, 5.74) is 8.05. The average Bonchev–Trinajstić information content (AvgIpc) is 2.48. The van der Waals surface area contributed by atoms with Gasteiger partial charge in [-0.25, -0.2) is 0 Å². The quantitative estimate of drug-likeness (QED) is 0.790. The van der Waals surface area contributed by atoms with E-state index in [0.717, 1.165) is 18.7 Å². The van der Waals surface area contributed by atoms with Gasteiger partial charge in [0.1, 0.15) is 0 Å². The molecule has 3 heteroatoms. The zero-order valence-corrected chi connectivity index (χ0v) is 11.3. The fourth-order valence-electron chi connectivity index (χ4n) is 1.85. The minimum Gasteiger partial charge on any atom is -0.366 e. The number of carbonyl (C=O) groups is 1. The van der Waals surface area contributed by atoms with Gasteiger partial charge in [0.25, 0.3) is 0 Å². The van der Waals surface area contributed by atoms with Crippen LogP contribution in [0, 0.1) is 0 Å².